The number of aromatic nitrogens is 8. The number of aromatic amines is 2. The van der Waals surface area contributed by atoms with Crippen molar-refractivity contribution in [3.8, 4) is 0 Å². The Morgan fingerprint density at radius 1 is 0.836 bits per heavy atom. The number of hydrogen-bond acceptors (Lipinski definition) is 16. The number of aliphatic hydroxyl groups excluding tert-OH is 4. The number of nitrogens with one attached hydrogen (secondary N) is 3. The first-order valence-corrected chi connectivity index (χ1v) is 18.6. The van der Waals surface area contributed by atoms with Crippen LogP contribution in [0.2, 0.25) is 0 Å². The third-order valence-corrected chi connectivity index (χ3v) is 9.30. The van der Waals surface area contributed by atoms with E-state index in [9.17, 15) is 34.8 Å². The molecule has 4 aromatic heterocycles. The number of ether oxygens (including phenoxy) is 4. The second kappa shape index (κ2) is 19.0. The molecule has 21 nitrogen and oxygen atoms in total. The number of carbonyl (C=O) groups excluding carboxylic acids is 1. The van der Waals surface area contributed by atoms with Gasteiger partial charge >= 0.3 is 0 Å². The second-order valence-corrected chi connectivity index (χ2v) is 13.7. The van der Waals surface area contributed by atoms with E-state index in [1.54, 1.807) is 13.8 Å². The molecule has 1 amide bonds. The van der Waals surface area contributed by atoms with E-state index < -0.39 is 60.2 Å². The molecule has 0 aromatic carbocycles. The fraction of sp³-hybridized carbons (Fsp3) is 0.676. The maximum Gasteiger partial charge on any atom is 0.280 e. The van der Waals surface area contributed by atoms with E-state index in [2.05, 4.69) is 49.1 Å². The van der Waals surface area contributed by atoms with Crippen LogP contribution in [0.4, 0.5) is 11.9 Å². The minimum Gasteiger partial charge on any atom is -0.394 e. The summed E-state index contributed by atoms with van der Waals surface area (Å²) in [5.41, 5.74) is 5.22. The van der Waals surface area contributed by atoms with Crippen molar-refractivity contribution in [3.63, 3.8) is 0 Å². The lowest BCUT2D eigenvalue weighted by atomic mass is 10.1. The highest BCUT2D eigenvalue weighted by atomic mass is 16.6. The lowest BCUT2D eigenvalue weighted by Gasteiger charge is -2.22. The second-order valence-electron chi connectivity index (χ2n) is 13.7. The predicted octanol–water partition coefficient (Wildman–Crippen LogP) is 0.0679. The van der Waals surface area contributed by atoms with Crippen LogP contribution in [0.5, 0.6) is 0 Å². The van der Waals surface area contributed by atoms with Crippen LogP contribution < -0.4 is 22.2 Å². The van der Waals surface area contributed by atoms with E-state index >= 15 is 0 Å². The van der Waals surface area contributed by atoms with Gasteiger partial charge in [-0.3, -0.25) is 38.8 Å². The SMILES string of the molecule is CCCCCO[C@@H]1[C@H](O)[C@@H](CO)O[C@H]1n1cnc2c(=O)[nH]c(N)nc21.CCCCCO[C@@H]1[C@H](O)[C@@H](CO)O[C@H]1n1cnc2c(=O)[nH]c(NC(=O)C(C)C)nc21. The van der Waals surface area contributed by atoms with Crippen LogP contribution in [0.3, 0.4) is 0 Å². The van der Waals surface area contributed by atoms with Crippen molar-refractivity contribution in [2.75, 3.05) is 37.5 Å². The monoisotopic (exact) mass is 776 g/mol. The number of nitrogens with two attached hydrogens (primary N) is 1. The van der Waals surface area contributed by atoms with Crippen LogP contribution in [0.15, 0.2) is 22.2 Å². The third-order valence-electron chi connectivity index (χ3n) is 9.30. The maximum absolute atomic E-state index is 12.4. The zero-order chi connectivity index (χ0) is 39.8. The number of anilines is 2. The summed E-state index contributed by atoms with van der Waals surface area (Å²) >= 11 is 0. The van der Waals surface area contributed by atoms with E-state index in [1.807, 2.05) is 0 Å². The normalized spacial score (nSPS) is 25.2. The highest BCUT2D eigenvalue weighted by Crippen LogP contribution is 2.35. The van der Waals surface area contributed by atoms with Crippen molar-refractivity contribution >= 4 is 40.1 Å². The molecule has 6 rings (SSSR count). The summed E-state index contributed by atoms with van der Waals surface area (Å²) in [5, 5.41) is 42.5. The van der Waals surface area contributed by atoms with Gasteiger partial charge in [-0.05, 0) is 12.8 Å². The minimum atomic E-state index is -1.05. The molecule has 9 N–H and O–H groups in total. The first-order chi connectivity index (χ1) is 26.4. The van der Waals surface area contributed by atoms with E-state index in [0.717, 1.165) is 38.5 Å². The maximum atomic E-state index is 12.4. The number of hydrogen-bond donors (Lipinski definition) is 8. The number of carbonyl (C=O) groups is 1. The molecule has 0 aliphatic carbocycles. The summed E-state index contributed by atoms with van der Waals surface area (Å²) in [7, 11) is 0. The smallest absolute Gasteiger partial charge is 0.280 e. The molecule has 0 unspecified atom stereocenters. The van der Waals surface area contributed by atoms with Gasteiger partial charge < -0.3 is 45.1 Å². The number of rotatable bonds is 16. The summed E-state index contributed by atoms with van der Waals surface area (Å²) in [5.74, 6) is -0.647. The van der Waals surface area contributed by atoms with Crippen LogP contribution in [0, 0.1) is 5.92 Å². The summed E-state index contributed by atoms with van der Waals surface area (Å²) in [4.78, 5) is 57.8. The van der Waals surface area contributed by atoms with Gasteiger partial charge in [0.15, 0.2) is 34.8 Å². The predicted molar refractivity (Wildman–Crippen MR) is 197 cm³/mol. The molecule has 2 aliphatic heterocycles. The topological polar surface area (TPSA) is 300 Å². The molecular formula is C34H52N10O11. The molecule has 55 heavy (non-hydrogen) atoms. The molecule has 2 fully saturated rings. The van der Waals surface area contributed by atoms with Crippen molar-refractivity contribution < 1.29 is 44.2 Å². The molecule has 2 aliphatic rings. The van der Waals surface area contributed by atoms with E-state index in [0.29, 0.717) is 13.2 Å². The fourth-order valence-electron chi connectivity index (χ4n) is 6.25. The van der Waals surface area contributed by atoms with Crippen LogP contribution in [0.1, 0.15) is 78.7 Å². The Bertz CT molecular complexity index is 1980. The zero-order valence-corrected chi connectivity index (χ0v) is 31.3. The Morgan fingerprint density at radius 2 is 1.31 bits per heavy atom. The van der Waals surface area contributed by atoms with Crippen molar-refractivity contribution in [1.29, 1.82) is 0 Å². The Labute approximate surface area is 315 Å². The van der Waals surface area contributed by atoms with Gasteiger partial charge in [0.25, 0.3) is 11.1 Å². The third kappa shape index (κ3) is 9.38. The highest BCUT2D eigenvalue weighted by molar-refractivity contribution is 5.91. The minimum absolute atomic E-state index is 0.00869. The van der Waals surface area contributed by atoms with Gasteiger partial charge in [0.2, 0.25) is 17.8 Å². The number of amides is 1. The molecule has 304 valence electrons. The van der Waals surface area contributed by atoms with Gasteiger partial charge in [0.05, 0.1) is 25.9 Å². The molecule has 8 atom stereocenters. The van der Waals surface area contributed by atoms with Crippen molar-refractivity contribution in [2.45, 2.75) is 115 Å². The first kappa shape index (κ1) is 41.8. The van der Waals surface area contributed by atoms with E-state index in [1.165, 1.54) is 21.8 Å². The molecule has 0 radical (unpaired) electrons. The number of H-pyrrole nitrogens is 2. The van der Waals surface area contributed by atoms with Gasteiger partial charge in [-0.25, -0.2) is 9.97 Å². The zero-order valence-electron chi connectivity index (χ0n) is 31.3. The average molecular weight is 777 g/mol. The van der Waals surface area contributed by atoms with Gasteiger partial charge in [0, 0.05) is 19.1 Å². The summed E-state index contributed by atoms with van der Waals surface area (Å²) in [6.45, 7) is 7.75. The Morgan fingerprint density at radius 3 is 1.76 bits per heavy atom. The largest absolute Gasteiger partial charge is 0.394 e. The van der Waals surface area contributed by atoms with Gasteiger partial charge in [0.1, 0.15) is 36.6 Å². The number of fused-ring (bicyclic) bond motifs is 2. The van der Waals surface area contributed by atoms with Crippen molar-refractivity contribution in [1.82, 2.24) is 39.0 Å². The molecule has 0 spiro atoms. The lowest BCUT2D eigenvalue weighted by molar-refractivity contribution is -0.118. The standard InChI is InChI=1S/C19H29N5O6.C15H23N5O5/c1-4-5-6-7-29-14-13(26)11(8-25)30-18(14)24-9-20-12-15(24)21-19(23-17(12)28)22-16(27)10(2)3;1-2-3-4-5-24-11-10(22)8(6-21)25-14(11)20-7-17-9-12(20)18-15(16)19-13(9)23/h9-11,13-14,18,25-26H,4-8H2,1-3H3,(H2,21,22,23,27,28);7-8,10-11,14,21-22H,2-6H2,1H3,(H3,16,18,19,23)/t11-,13-,14-,18-;8-,10-,11-,14-/m11/s1. The average Bonchev–Trinajstić information content (AvgIpc) is 3.92. The molecule has 0 saturated carbocycles. The van der Waals surface area contributed by atoms with E-state index in [4.69, 9.17) is 24.7 Å². The molecule has 4 aromatic rings. The van der Waals surface area contributed by atoms with Crippen LogP contribution >= 0.6 is 0 Å². The molecule has 21 heteroatoms. The number of imidazole rings is 2. The Kier molecular flexibility index (Phi) is 14.4. The number of unbranched alkanes of at least 4 members (excludes halogenated alkanes) is 4. The van der Waals surface area contributed by atoms with Gasteiger partial charge in [-0.2, -0.15) is 9.97 Å². The van der Waals surface area contributed by atoms with Crippen molar-refractivity contribution in [2.24, 2.45) is 5.92 Å². The quantitative estimate of drug-likeness (QED) is 0.0698. The van der Waals surface area contributed by atoms with Gasteiger partial charge in [-0.15, -0.1) is 0 Å². The number of aliphatic hydroxyl groups is 4. The Hall–Kier alpha value is -4.35. The molecular weight excluding hydrogens is 724 g/mol. The molecule has 2 saturated heterocycles. The summed E-state index contributed by atoms with van der Waals surface area (Å²) in [6.07, 6.45) is 1.73. The van der Waals surface area contributed by atoms with Crippen LogP contribution in [-0.4, -0.2) is 128 Å². The molecule has 0 bridgehead atoms. The van der Waals surface area contributed by atoms with E-state index in [-0.39, 0.29) is 59.3 Å². The molecule has 6 heterocycles. The lowest BCUT2D eigenvalue weighted by Crippen LogP contribution is -2.35. The number of nitrogens with zero attached hydrogens (tertiary/aromatic N) is 6. The summed E-state index contributed by atoms with van der Waals surface area (Å²) in [6, 6.07) is 0. The van der Waals surface area contributed by atoms with Crippen molar-refractivity contribution in [3.05, 3.63) is 33.4 Å². The fourth-order valence-corrected chi connectivity index (χ4v) is 6.25. The first-order valence-electron chi connectivity index (χ1n) is 18.6. The van der Waals surface area contributed by atoms with Crippen LogP contribution in [-0.2, 0) is 23.7 Å². The highest BCUT2D eigenvalue weighted by Gasteiger charge is 2.47. The van der Waals surface area contributed by atoms with Crippen LogP contribution in [0.25, 0.3) is 22.3 Å². The van der Waals surface area contributed by atoms with Gasteiger partial charge in [-0.1, -0.05) is 53.4 Å². The Balaban J connectivity index is 0.000000214. The summed E-state index contributed by atoms with van der Waals surface area (Å²) < 4.78 is 26.2. The number of nitrogen functional groups attached to an aromatic ring is 1.